The first-order valence-electron chi connectivity index (χ1n) is 8.96. The van der Waals surface area contributed by atoms with Crippen LogP contribution in [0.5, 0.6) is 0 Å². The fourth-order valence-corrected chi connectivity index (χ4v) is 2.65. The summed E-state index contributed by atoms with van der Waals surface area (Å²) in [5.74, 6) is -1.17. The van der Waals surface area contributed by atoms with E-state index in [1.807, 2.05) is 37.3 Å². The molecule has 1 fully saturated rings. The van der Waals surface area contributed by atoms with Crippen molar-refractivity contribution in [3.8, 4) is 0 Å². The van der Waals surface area contributed by atoms with Crippen LogP contribution in [0, 0.1) is 5.92 Å². The highest BCUT2D eigenvalue weighted by molar-refractivity contribution is 6.04. The molecular formula is C21H22N2O4. The Kier molecular flexibility index (Phi) is 5.86. The molecular weight excluding hydrogens is 344 g/mol. The lowest BCUT2D eigenvalue weighted by Crippen LogP contribution is -2.28. The zero-order chi connectivity index (χ0) is 19.2. The summed E-state index contributed by atoms with van der Waals surface area (Å²) in [7, 11) is 0. The number of amides is 2. The van der Waals surface area contributed by atoms with Gasteiger partial charge in [0.2, 0.25) is 0 Å². The predicted molar refractivity (Wildman–Crippen MR) is 101 cm³/mol. The summed E-state index contributed by atoms with van der Waals surface area (Å²) in [5.41, 5.74) is 1.71. The standard InChI is InChI=1S/C21H22N2O4/c1-14(15-7-3-2-4-8-15)22-20(25)17-9-5-6-10-18(17)23-19(24)13-27-21(26)16-11-12-16/h2-10,14,16H,11-13H2,1H3,(H,22,25)(H,23,24)/t14-/m0/s1. The van der Waals surface area contributed by atoms with Gasteiger partial charge in [0.05, 0.1) is 23.2 Å². The monoisotopic (exact) mass is 366 g/mol. The van der Waals surface area contributed by atoms with E-state index in [1.54, 1.807) is 24.3 Å². The van der Waals surface area contributed by atoms with Gasteiger partial charge in [-0.2, -0.15) is 0 Å². The molecule has 140 valence electrons. The molecule has 0 bridgehead atoms. The molecule has 1 atom stereocenters. The van der Waals surface area contributed by atoms with Crippen LogP contribution in [0.15, 0.2) is 54.6 Å². The Morgan fingerprint density at radius 1 is 1.04 bits per heavy atom. The molecule has 1 aliphatic carbocycles. The molecule has 0 spiro atoms. The van der Waals surface area contributed by atoms with Crippen molar-refractivity contribution in [2.24, 2.45) is 5.92 Å². The van der Waals surface area contributed by atoms with Crippen molar-refractivity contribution in [2.75, 3.05) is 11.9 Å². The molecule has 6 nitrogen and oxygen atoms in total. The summed E-state index contributed by atoms with van der Waals surface area (Å²) < 4.78 is 4.97. The van der Waals surface area contributed by atoms with Crippen molar-refractivity contribution in [1.82, 2.24) is 5.32 Å². The summed E-state index contributed by atoms with van der Waals surface area (Å²) in [6.45, 7) is 1.54. The lowest BCUT2D eigenvalue weighted by Gasteiger charge is -2.16. The van der Waals surface area contributed by atoms with E-state index in [4.69, 9.17) is 4.74 Å². The van der Waals surface area contributed by atoms with Crippen LogP contribution in [0.3, 0.4) is 0 Å². The lowest BCUT2D eigenvalue weighted by atomic mass is 10.1. The molecule has 0 saturated heterocycles. The molecule has 2 aromatic carbocycles. The number of hydrogen-bond donors (Lipinski definition) is 2. The Balaban J connectivity index is 1.61. The Labute approximate surface area is 157 Å². The highest BCUT2D eigenvalue weighted by atomic mass is 16.5. The van der Waals surface area contributed by atoms with Gasteiger partial charge < -0.3 is 15.4 Å². The Morgan fingerprint density at radius 3 is 2.41 bits per heavy atom. The molecule has 1 aliphatic rings. The van der Waals surface area contributed by atoms with Crippen LogP contribution in [0.1, 0.15) is 41.7 Å². The molecule has 3 rings (SSSR count). The fourth-order valence-electron chi connectivity index (χ4n) is 2.65. The molecule has 1 saturated carbocycles. The van der Waals surface area contributed by atoms with Crippen molar-refractivity contribution in [3.63, 3.8) is 0 Å². The maximum absolute atomic E-state index is 12.6. The number of ether oxygens (including phenoxy) is 1. The smallest absolute Gasteiger partial charge is 0.309 e. The molecule has 0 aromatic heterocycles. The van der Waals surface area contributed by atoms with Crippen molar-refractivity contribution >= 4 is 23.5 Å². The van der Waals surface area contributed by atoms with Crippen molar-refractivity contribution in [1.29, 1.82) is 0 Å². The van der Waals surface area contributed by atoms with Crippen LogP contribution < -0.4 is 10.6 Å². The third-order valence-electron chi connectivity index (χ3n) is 4.35. The Morgan fingerprint density at radius 2 is 1.70 bits per heavy atom. The quantitative estimate of drug-likeness (QED) is 0.738. The van der Waals surface area contributed by atoms with E-state index >= 15 is 0 Å². The van der Waals surface area contributed by atoms with Crippen LogP contribution in [-0.2, 0) is 14.3 Å². The summed E-state index contributed by atoms with van der Waals surface area (Å²) in [6.07, 6.45) is 1.64. The van der Waals surface area contributed by atoms with Crippen molar-refractivity contribution in [2.45, 2.75) is 25.8 Å². The minimum atomic E-state index is -0.472. The normalized spacial score (nSPS) is 14.1. The number of carbonyl (C=O) groups excluding carboxylic acids is 3. The van der Waals surface area contributed by atoms with E-state index in [0.29, 0.717) is 11.3 Å². The van der Waals surface area contributed by atoms with Gasteiger partial charge in [-0.05, 0) is 37.5 Å². The number of carbonyl (C=O) groups is 3. The second-order valence-corrected chi connectivity index (χ2v) is 6.58. The molecule has 0 heterocycles. The number of hydrogen-bond acceptors (Lipinski definition) is 4. The first-order valence-corrected chi connectivity index (χ1v) is 8.96. The average Bonchev–Trinajstić information content (AvgIpc) is 3.52. The number of esters is 1. The van der Waals surface area contributed by atoms with E-state index < -0.39 is 5.91 Å². The molecule has 0 aliphatic heterocycles. The summed E-state index contributed by atoms with van der Waals surface area (Å²) in [5, 5.41) is 5.57. The van der Waals surface area contributed by atoms with Crippen molar-refractivity contribution < 1.29 is 19.1 Å². The van der Waals surface area contributed by atoms with Gasteiger partial charge in [0.25, 0.3) is 11.8 Å². The SMILES string of the molecule is C[C@H](NC(=O)c1ccccc1NC(=O)COC(=O)C1CC1)c1ccccc1. The first kappa shape index (κ1) is 18.6. The van der Waals surface area contributed by atoms with Crippen LogP contribution in [0.25, 0.3) is 0 Å². The van der Waals surface area contributed by atoms with Crippen LogP contribution in [0.4, 0.5) is 5.69 Å². The second-order valence-electron chi connectivity index (χ2n) is 6.58. The number of rotatable bonds is 7. The number of nitrogens with one attached hydrogen (secondary N) is 2. The molecule has 6 heteroatoms. The van der Waals surface area contributed by atoms with Gasteiger partial charge >= 0.3 is 5.97 Å². The third kappa shape index (κ3) is 5.17. The maximum Gasteiger partial charge on any atom is 0.309 e. The van der Waals surface area contributed by atoms with E-state index in [1.165, 1.54) is 0 Å². The summed E-state index contributed by atoms with van der Waals surface area (Å²) >= 11 is 0. The van der Waals surface area contributed by atoms with Gasteiger partial charge in [-0.25, -0.2) is 0 Å². The van der Waals surface area contributed by atoms with Crippen molar-refractivity contribution in [3.05, 3.63) is 65.7 Å². The Hall–Kier alpha value is -3.15. The van der Waals surface area contributed by atoms with Crippen LogP contribution in [-0.4, -0.2) is 24.4 Å². The second kappa shape index (κ2) is 8.49. The van der Waals surface area contributed by atoms with Gasteiger partial charge in [0.15, 0.2) is 6.61 Å². The minimum Gasteiger partial charge on any atom is -0.455 e. The molecule has 0 radical (unpaired) electrons. The van der Waals surface area contributed by atoms with Crippen LogP contribution in [0.2, 0.25) is 0 Å². The lowest BCUT2D eigenvalue weighted by molar-refractivity contribution is -0.148. The average molecular weight is 366 g/mol. The van der Waals surface area contributed by atoms with Gasteiger partial charge in [-0.15, -0.1) is 0 Å². The van der Waals surface area contributed by atoms with E-state index in [2.05, 4.69) is 10.6 Å². The highest BCUT2D eigenvalue weighted by Gasteiger charge is 2.31. The van der Waals surface area contributed by atoms with Gasteiger partial charge in [0.1, 0.15) is 0 Å². The van der Waals surface area contributed by atoms with Gasteiger partial charge in [0, 0.05) is 0 Å². The van der Waals surface area contributed by atoms with Gasteiger partial charge in [-0.1, -0.05) is 42.5 Å². The zero-order valence-electron chi connectivity index (χ0n) is 15.1. The third-order valence-corrected chi connectivity index (χ3v) is 4.35. The molecule has 27 heavy (non-hydrogen) atoms. The van der Waals surface area contributed by atoms with Gasteiger partial charge in [-0.3, -0.25) is 14.4 Å². The largest absolute Gasteiger partial charge is 0.455 e. The summed E-state index contributed by atoms with van der Waals surface area (Å²) in [4.78, 5) is 36.2. The summed E-state index contributed by atoms with van der Waals surface area (Å²) in [6, 6.07) is 16.2. The number of benzene rings is 2. The number of para-hydroxylation sites is 1. The van der Waals surface area contributed by atoms with E-state index in [9.17, 15) is 14.4 Å². The minimum absolute atomic E-state index is 0.0599. The topological polar surface area (TPSA) is 84.5 Å². The fraction of sp³-hybridized carbons (Fsp3) is 0.286. The zero-order valence-corrected chi connectivity index (χ0v) is 15.1. The number of anilines is 1. The molecule has 2 aromatic rings. The maximum atomic E-state index is 12.6. The Bertz CT molecular complexity index is 831. The van der Waals surface area contributed by atoms with E-state index in [-0.39, 0.29) is 30.4 Å². The molecule has 2 N–H and O–H groups in total. The van der Waals surface area contributed by atoms with E-state index in [0.717, 1.165) is 18.4 Å². The van der Waals surface area contributed by atoms with Crippen LogP contribution >= 0.6 is 0 Å². The molecule has 2 amide bonds. The predicted octanol–water partition coefficient (Wildman–Crippen LogP) is 3.07. The highest BCUT2D eigenvalue weighted by Crippen LogP contribution is 2.30. The first-order chi connectivity index (χ1) is 13.0. The molecule has 0 unspecified atom stereocenters.